The van der Waals surface area contributed by atoms with Crippen LogP contribution in [0.2, 0.25) is 0 Å². The highest BCUT2D eigenvalue weighted by Gasteiger charge is 2.28. The summed E-state index contributed by atoms with van der Waals surface area (Å²) >= 11 is 0. The van der Waals surface area contributed by atoms with Crippen LogP contribution in [0.3, 0.4) is 0 Å². The summed E-state index contributed by atoms with van der Waals surface area (Å²) in [7, 11) is -3.43. The van der Waals surface area contributed by atoms with Crippen molar-refractivity contribution in [1.82, 2.24) is 4.90 Å². The Morgan fingerprint density at radius 2 is 1.94 bits per heavy atom. The highest BCUT2D eigenvalue weighted by molar-refractivity contribution is 7.86. The van der Waals surface area contributed by atoms with Gasteiger partial charge in [-0.05, 0) is 25.7 Å². The lowest BCUT2D eigenvalue weighted by Gasteiger charge is -2.32. The molecule has 6 nitrogen and oxygen atoms in total. The molecule has 1 aliphatic heterocycles. The van der Waals surface area contributed by atoms with E-state index >= 15 is 0 Å². The summed E-state index contributed by atoms with van der Waals surface area (Å²) in [6.07, 6.45) is 1.00. The van der Waals surface area contributed by atoms with Crippen molar-refractivity contribution < 1.29 is 22.5 Å². The lowest BCUT2D eigenvalue weighted by molar-refractivity contribution is 0.0847. The van der Waals surface area contributed by atoms with Gasteiger partial charge in [0.1, 0.15) is 0 Å². The van der Waals surface area contributed by atoms with E-state index in [4.69, 9.17) is 9.29 Å². The van der Waals surface area contributed by atoms with Crippen LogP contribution < -0.4 is 0 Å². The van der Waals surface area contributed by atoms with Gasteiger partial charge in [0.25, 0.3) is 10.1 Å². The molecular weight excluding hydrogens is 234 g/mol. The van der Waals surface area contributed by atoms with Crippen molar-refractivity contribution in [1.29, 1.82) is 0 Å². The normalized spacial score (nSPS) is 20.8. The van der Waals surface area contributed by atoms with Gasteiger partial charge in [0.2, 0.25) is 0 Å². The van der Waals surface area contributed by atoms with E-state index in [1.54, 1.807) is 6.92 Å². The van der Waals surface area contributed by atoms with Gasteiger partial charge in [-0.15, -0.1) is 0 Å². The summed E-state index contributed by atoms with van der Waals surface area (Å²) in [5.41, 5.74) is 0. The largest absolute Gasteiger partial charge is 0.465 e. The topological polar surface area (TPSA) is 83.9 Å². The molecule has 0 aromatic rings. The fourth-order valence-corrected chi connectivity index (χ4v) is 2.62. The second-order valence-corrected chi connectivity index (χ2v) is 5.71. The zero-order chi connectivity index (χ0) is 12.3. The molecule has 0 aromatic heterocycles. The second-order valence-electron chi connectivity index (χ2n) is 4.11. The molecule has 0 saturated carbocycles. The molecule has 1 saturated heterocycles. The maximum absolute atomic E-state index is 10.9. The molecule has 1 N–H and O–H groups in total. The fourth-order valence-electron chi connectivity index (χ4n) is 1.91. The molecular formula is C9H17NO5S. The van der Waals surface area contributed by atoms with Crippen LogP contribution in [0.5, 0.6) is 0 Å². The van der Waals surface area contributed by atoms with Gasteiger partial charge in [-0.1, -0.05) is 0 Å². The summed E-state index contributed by atoms with van der Waals surface area (Å²) in [4.78, 5) is 12.0. The Kier molecular flexibility index (Phi) is 4.15. The van der Waals surface area contributed by atoms with Crippen molar-refractivity contribution in [2.24, 2.45) is 5.92 Å². The minimum atomic E-state index is -3.43. The standard InChI is InChI=1S/C9H17NO5S/c1-7(15-16(2,13)14)8-3-5-10(6-4-8)9(11)12/h7-8H,3-6H2,1-2H3,(H,11,12). The second kappa shape index (κ2) is 5.01. The van der Waals surface area contributed by atoms with Gasteiger partial charge >= 0.3 is 6.09 Å². The molecule has 1 unspecified atom stereocenters. The van der Waals surface area contributed by atoms with Crippen LogP contribution in [0, 0.1) is 5.92 Å². The summed E-state index contributed by atoms with van der Waals surface area (Å²) < 4.78 is 26.7. The lowest BCUT2D eigenvalue weighted by Crippen LogP contribution is -2.40. The van der Waals surface area contributed by atoms with Gasteiger partial charge in [0.05, 0.1) is 12.4 Å². The van der Waals surface area contributed by atoms with Crippen LogP contribution >= 0.6 is 0 Å². The van der Waals surface area contributed by atoms with Crippen LogP contribution in [0.25, 0.3) is 0 Å². The van der Waals surface area contributed by atoms with E-state index in [0.717, 1.165) is 6.26 Å². The van der Waals surface area contributed by atoms with Gasteiger partial charge in [-0.3, -0.25) is 4.18 Å². The molecule has 7 heteroatoms. The van der Waals surface area contributed by atoms with Crippen molar-refractivity contribution >= 4 is 16.2 Å². The minimum Gasteiger partial charge on any atom is -0.465 e. The number of likely N-dealkylation sites (tertiary alicyclic amines) is 1. The number of carboxylic acid groups (broad SMARTS) is 1. The minimum absolute atomic E-state index is 0.102. The average molecular weight is 251 g/mol. The quantitative estimate of drug-likeness (QED) is 0.748. The first-order valence-corrected chi connectivity index (χ1v) is 6.97. The molecule has 0 bridgehead atoms. The molecule has 1 rings (SSSR count). The number of carbonyl (C=O) groups is 1. The third kappa shape index (κ3) is 3.97. The van der Waals surface area contributed by atoms with Crippen molar-refractivity contribution in [2.75, 3.05) is 19.3 Å². The molecule has 0 radical (unpaired) electrons. The van der Waals surface area contributed by atoms with E-state index in [-0.39, 0.29) is 12.0 Å². The number of amides is 1. The number of nitrogens with zero attached hydrogens (tertiary/aromatic N) is 1. The Bertz CT molecular complexity index is 345. The van der Waals surface area contributed by atoms with E-state index in [0.29, 0.717) is 25.9 Å². The third-order valence-corrected chi connectivity index (χ3v) is 3.45. The van der Waals surface area contributed by atoms with Crippen molar-refractivity contribution in [3.63, 3.8) is 0 Å². The fraction of sp³-hybridized carbons (Fsp3) is 0.889. The number of hydrogen-bond donors (Lipinski definition) is 1. The zero-order valence-corrected chi connectivity index (χ0v) is 10.2. The molecule has 94 valence electrons. The van der Waals surface area contributed by atoms with Gasteiger partial charge in [0.15, 0.2) is 0 Å². The summed E-state index contributed by atoms with van der Waals surface area (Å²) in [6.45, 7) is 2.59. The Labute approximate surface area is 95.3 Å². The average Bonchev–Trinajstić information content (AvgIpc) is 2.15. The van der Waals surface area contributed by atoms with Crippen LogP contribution in [0.4, 0.5) is 4.79 Å². The molecule has 16 heavy (non-hydrogen) atoms. The monoisotopic (exact) mass is 251 g/mol. The van der Waals surface area contributed by atoms with Gasteiger partial charge < -0.3 is 10.0 Å². The molecule has 1 atom stereocenters. The SMILES string of the molecule is CC(OS(C)(=O)=O)C1CCN(C(=O)O)CC1. The highest BCUT2D eigenvalue weighted by atomic mass is 32.2. The van der Waals surface area contributed by atoms with Crippen molar-refractivity contribution in [2.45, 2.75) is 25.9 Å². The third-order valence-electron chi connectivity index (χ3n) is 2.80. The van der Waals surface area contributed by atoms with E-state index in [9.17, 15) is 13.2 Å². The van der Waals surface area contributed by atoms with Crippen molar-refractivity contribution in [3.8, 4) is 0 Å². The summed E-state index contributed by atoms with van der Waals surface area (Å²) in [5, 5.41) is 8.75. The molecule has 1 amide bonds. The molecule has 0 aromatic carbocycles. The molecule has 1 fully saturated rings. The van der Waals surface area contributed by atoms with E-state index < -0.39 is 16.2 Å². The first kappa shape index (κ1) is 13.2. The first-order chi connectivity index (χ1) is 7.29. The molecule has 0 aliphatic carbocycles. The van der Waals surface area contributed by atoms with Crippen molar-refractivity contribution in [3.05, 3.63) is 0 Å². The summed E-state index contributed by atoms with van der Waals surface area (Å²) in [6, 6.07) is 0. The predicted molar refractivity (Wildman–Crippen MR) is 57.7 cm³/mol. The van der Waals surface area contributed by atoms with Gasteiger partial charge in [0, 0.05) is 13.1 Å². The molecule has 0 spiro atoms. The molecule has 1 heterocycles. The highest BCUT2D eigenvalue weighted by Crippen LogP contribution is 2.23. The number of piperidine rings is 1. The predicted octanol–water partition coefficient (Wildman–Crippen LogP) is 0.741. The van der Waals surface area contributed by atoms with E-state index in [1.807, 2.05) is 0 Å². The Balaban J connectivity index is 2.45. The maximum atomic E-state index is 10.9. The van der Waals surface area contributed by atoms with Crippen LogP contribution in [-0.2, 0) is 14.3 Å². The maximum Gasteiger partial charge on any atom is 0.407 e. The Hall–Kier alpha value is -0.820. The lowest BCUT2D eigenvalue weighted by atomic mass is 9.92. The Morgan fingerprint density at radius 3 is 2.31 bits per heavy atom. The van der Waals surface area contributed by atoms with E-state index in [1.165, 1.54) is 4.90 Å². The Morgan fingerprint density at radius 1 is 1.44 bits per heavy atom. The molecule has 1 aliphatic rings. The zero-order valence-electron chi connectivity index (χ0n) is 9.42. The first-order valence-electron chi connectivity index (χ1n) is 5.15. The van der Waals surface area contributed by atoms with Crippen LogP contribution in [-0.4, -0.2) is 50.0 Å². The smallest absolute Gasteiger partial charge is 0.407 e. The van der Waals surface area contributed by atoms with Crippen LogP contribution in [0.1, 0.15) is 19.8 Å². The van der Waals surface area contributed by atoms with E-state index in [2.05, 4.69) is 0 Å². The number of hydrogen-bond acceptors (Lipinski definition) is 4. The summed E-state index contributed by atoms with van der Waals surface area (Å²) in [5.74, 6) is 0.102. The van der Waals surface area contributed by atoms with Gasteiger partial charge in [-0.25, -0.2) is 4.79 Å². The van der Waals surface area contributed by atoms with Gasteiger partial charge in [-0.2, -0.15) is 8.42 Å². The number of rotatable bonds is 3. The van der Waals surface area contributed by atoms with Crippen LogP contribution in [0.15, 0.2) is 0 Å².